The lowest BCUT2D eigenvalue weighted by molar-refractivity contribution is 0.0972. The van der Waals surface area contributed by atoms with Gasteiger partial charge in [0, 0.05) is 50.2 Å². The average molecular weight is 377 g/mol. The third kappa shape index (κ3) is 3.90. The minimum absolute atomic E-state index is 0.290. The third-order valence-electron chi connectivity index (χ3n) is 5.97. The summed E-state index contributed by atoms with van der Waals surface area (Å²) in [4.78, 5) is 11.3. The number of fused-ring (bicyclic) bond motifs is 1. The van der Waals surface area contributed by atoms with Crippen LogP contribution >= 0.6 is 0 Å². The molecule has 2 aliphatic rings. The van der Waals surface area contributed by atoms with E-state index in [1.165, 1.54) is 23.7 Å². The van der Waals surface area contributed by atoms with Gasteiger partial charge < -0.3 is 9.30 Å². The molecule has 2 fully saturated rings. The highest BCUT2D eigenvalue weighted by atomic mass is 16.5. The zero-order valence-electron chi connectivity index (χ0n) is 16.6. The number of hydrogen-bond acceptors (Lipinski definition) is 4. The number of aryl methyl sites for hydroxylation is 1. The van der Waals surface area contributed by atoms with Crippen LogP contribution in [0.2, 0.25) is 0 Å². The lowest BCUT2D eigenvalue weighted by Gasteiger charge is -2.32. The van der Waals surface area contributed by atoms with Crippen molar-refractivity contribution in [1.29, 1.82) is 0 Å². The Labute approximate surface area is 166 Å². The fourth-order valence-corrected chi connectivity index (χ4v) is 4.13. The third-order valence-corrected chi connectivity index (χ3v) is 5.97. The van der Waals surface area contributed by atoms with Gasteiger partial charge in [-0.3, -0.25) is 14.9 Å². The first-order chi connectivity index (χ1) is 13.7. The zero-order chi connectivity index (χ0) is 18.9. The van der Waals surface area contributed by atoms with Crippen LogP contribution in [0.4, 0.5) is 0 Å². The predicted octanol–water partition coefficient (Wildman–Crippen LogP) is 4.19. The van der Waals surface area contributed by atoms with Crippen molar-refractivity contribution in [2.24, 2.45) is 5.92 Å². The van der Waals surface area contributed by atoms with Crippen LogP contribution in [0.15, 0.2) is 42.9 Å². The summed E-state index contributed by atoms with van der Waals surface area (Å²) in [5.74, 6) is 1.91. The van der Waals surface area contributed by atoms with Gasteiger partial charge in [0.05, 0.1) is 16.9 Å². The summed E-state index contributed by atoms with van der Waals surface area (Å²) < 4.78 is 8.84. The van der Waals surface area contributed by atoms with E-state index in [-0.39, 0.29) is 6.10 Å². The molecule has 1 aliphatic carbocycles. The number of likely N-dealkylation sites (tertiary alicyclic amines) is 1. The maximum Gasteiger partial charge on any atom is 0.129 e. The molecular weight excluding hydrogens is 348 g/mol. The molecule has 3 aromatic rings. The first-order valence-corrected chi connectivity index (χ1v) is 10.5. The molecule has 146 valence electrons. The maximum absolute atomic E-state index is 6.45. The molecule has 0 spiro atoms. The van der Waals surface area contributed by atoms with Gasteiger partial charge in [0.1, 0.15) is 11.9 Å². The van der Waals surface area contributed by atoms with Crippen LogP contribution in [0, 0.1) is 12.8 Å². The van der Waals surface area contributed by atoms with E-state index in [0.717, 1.165) is 62.1 Å². The van der Waals surface area contributed by atoms with E-state index in [1.807, 2.05) is 19.3 Å². The summed E-state index contributed by atoms with van der Waals surface area (Å²) in [6, 6.07) is 8.69. The fraction of sp³-hybridized carbons (Fsp3) is 0.478. The Kier molecular flexibility index (Phi) is 4.77. The van der Waals surface area contributed by atoms with Gasteiger partial charge in [-0.1, -0.05) is 6.07 Å². The molecule has 28 heavy (non-hydrogen) atoms. The summed E-state index contributed by atoms with van der Waals surface area (Å²) in [6.45, 7) is 6.07. The van der Waals surface area contributed by atoms with Crippen molar-refractivity contribution < 1.29 is 4.74 Å². The maximum atomic E-state index is 6.45. The first-order valence-electron chi connectivity index (χ1n) is 10.5. The smallest absolute Gasteiger partial charge is 0.129 e. The molecule has 1 aliphatic heterocycles. The SMILES string of the molecule is Cc1cnc(CN2CCC(Oc3cccc4c3ccn4CC3CC3)CC2)cn1. The number of benzene rings is 1. The van der Waals surface area contributed by atoms with Crippen LogP contribution in [0.3, 0.4) is 0 Å². The average Bonchev–Trinajstić information content (AvgIpc) is 3.44. The van der Waals surface area contributed by atoms with Crippen molar-refractivity contribution in [2.75, 3.05) is 13.1 Å². The molecule has 0 radical (unpaired) electrons. The second kappa shape index (κ2) is 7.55. The Hall–Kier alpha value is -2.40. The topological polar surface area (TPSA) is 43.2 Å². The van der Waals surface area contributed by atoms with Crippen molar-refractivity contribution in [3.63, 3.8) is 0 Å². The number of ether oxygens (including phenoxy) is 1. The van der Waals surface area contributed by atoms with Crippen molar-refractivity contribution in [3.8, 4) is 5.75 Å². The van der Waals surface area contributed by atoms with Gasteiger partial charge in [0.25, 0.3) is 0 Å². The van der Waals surface area contributed by atoms with E-state index in [0.29, 0.717) is 0 Å². The number of aromatic nitrogens is 3. The molecule has 5 heteroatoms. The molecule has 0 atom stereocenters. The van der Waals surface area contributed by atoms with E-state index in [2.05, 4.69) is 49.9 Å². The largest absolute Gasteiger partial charge is 0.490 e. The van der Waals surface area contributed by atoms with Gasteiger partial charge in [-0.2, -0.15) is 0 Å². The standard InChI is InChI=1S/C23H28N4O/c1-17-13-25-19(14-24-17)16-26-10-7-20(8-11-26)28-23-4-2-3-22-21(23)9-12-27(22)15-18-5-6-18/h2-4,9,12-14,18,20H,5-8,10-11,15-16H2,1H3. The molecule has 0 unspecified atom stereocenters. The molecule has 5 nitrogen and oxygen atoms in total. The molecule has 0 amide bonds. The number of hydrogen-bond donors (Lipinski definition) is 0. The Morgan fingerprint density at radius 2 is 1.89 bits per heavy atom. The minimum Gasteiger partial charge on any atom is -0.490 e. The summed E-state index contributed by atoms with van der Waals surface area (Å²) in [6.07, 6.45) is 11.1. The Morgan fingerprint density at radius 3 is 2.64 bits per heavy atom. The van der Waals surface area contributed by atoms with Crippen molar-refractivity contribution in [1.82, 2.24) is 19.4 Å². The Bertz CT molecular complexity index is 937. The normalized spacial score (nSPS) is 18.6. The molecule has 1 saturated carbocycles. The van der Waals surface area contributed by atoms with Crippen LogP contribution in [0.5, 0.6) is 5.75 Å². The van der Waals surface area contributed by atoms with Crippen molar-refractivity contribution >= 4 is 10.9 Å². The van der Waals surface area contributed by atoms with Gasteiger partial charge in [0.2, 0.25) is 0 Å². The number of nitrogens with zero attached hydrogens (tertiary/aromatic N) is 4. The number of piperidine rings is 1. The second-order valence-corrected chi connectivity index (χ2v) is 8.34. The molecular formula is C23H28N4O. The fourth-order valence-electron chi connectivity index (χ4n) is 4.13. The Balaban J connectivity index is 1.20. The highest BCUT2D eigenvalue weighted by molar-refractivity contribution is 5.86. The van der Waals surface area contributed by atoms with Crippen molar-refractivity contribution in [3.05, 3.63) is 54.2 Å². The van der Waals surface area contributed by atoms with Crippen LogP contribution < -0.4 is 4.74 Å². The molecule has 1 aromatic carbocycles. The van der Waals surface area contributed by atoms with Gasteiger partial charge >= 0.3 is 0 Å². The summed E-state index contributed by atoms with van der Waals surface area (Å²) >= 11 is 0. The lowest BCUT2D eigenvalue weighted by Crippen LogP contribution is -2.38. The van der Waals surface area contributed by atoms with E-state index in [9.17, 15) is 0 Å². The quantitative estimate of drug-likeness (QED) is 0.647. The Morgan fingerprint density at radius 1 is 1.04 bits per heavy atom. The van der Waals surface area contributed by atoms with Crippen LogP contribution in [0.1, 0.15) is 37.1 Å². The lowest BCUT2D eigenvalue weighted by atomic mass is 10.1. The second-order valence-electron chi connectivity index (χ2n) is 8.34. The van der Waals surface area contributed by atoms with E-state index >= 15 is 0 Å². The van der Waals surface area contributed by atoms with Gasteiger partial charge in [-0.25, -0.2) is 0 Å². The number of rotatable bonds is 6. The monoisotopic (exact) mass is 376 g/mol. The first kappa shape index (κ1) is 17.7. The predicted molar refractivity (Wildman–Crippen MR) is 110 cm³/mol. The zero-order valence-corrected chi connectivity index (χ0v) is 16.6. The van der Waals surface area contributed by atoms with E-state index in [4.69, 9.17) is 4.74 Å². The van der Waals surface area contributed by atoms with Crippen LogP contribution in [-0.2, 0) is 13.1 Å². The van der Waals surface area contributed by atoms with Gasteiger partial charge in [-0.15, -0.1) is 0 Å². The van der Waals surface area contributed by atoms with Crippen LogP contribution in [0.25, 0.3) is 10.9 Å². The minimum atomic E-state index is 0.290. The molecule has 2 aromatic heterocycles. The highest BCUT2D eigenvalue weighted by Crippen LogP contribution is 2.34. The van der Waals surface area contributed by atoms with E-state index in [1.54, 1.807) is 0 Å². The molecule has 3 heterocycles. The molecule has 0 bridgehead atoms. The van der Waals surface area contributed by atoms with Crippen LogP contribution in [-0.4, -0.2) is 38.6 Å². The van der Waals surface area contributed by atoms with Gasteiger partial charge in [-0.05, 0) is 56.7 Å². The molecule has 5 rings (SSSR count). The summed E-state index contributed by atoms with van der Waals surface area (Å²) in [5, 5.41) is 1.25. The van der Waals surface area contributed by atoms with E-state index < -0.39 is 0 Å². The molecule has 1 saturated heterocycles. The summed E-state index contributed by atoms with van der Waals surface area (Å²) in [5.41, 5.74) is 3.32. The molecule has 0 N–H and O–H groups in total. The summed E-state index contributed by atoms with van der Waals surface area (Å²) in [7, 11) is 0. The van der Waals surface area contributed by atoms with Gasteiger partial charge in [0.15, 0.2) is 0 Å². The highest BCUT2D eigenvalue weighted by Gasteiger charge is 2.24. The van der Waals surface area contributed by atoms with Crippen molar-refractivity contribution in [2.45, 2.75) is 51.8 Å².